The van der Waals surface area contributed by atoms with Crippen LogP contribution in [0.2, 0.25) is 0 Å². The third kappa shape index (κ3) is 5.30. The van der Waals surface area contributed by atoms with Crippen molar-refractivity contribution in [2.45, 2.75) is 44.6 Å². The molecule has 0 saturated carbocycles. The summed E-state index contributed by atoms with van der Waals surface area (Å²) >= 11 is 1.30. The Bertz CT molecular complexity index is 953. The third-order valence-corrected chi connectivity index (χ3v) is 7.65. The predicted octanol–water partition coefficient (Wildman–Crippen LogP) is 2.12. The number of amides is 2. The molecule has 1 aromatic rings. The molecule has 1 N–H and O–H groups in total. The molecule has 0 unspecified atom stereocenters. The zero-order valence-electron chi connectivity index (χ0n) is 16.8. The van der Waals surface area contributed by atoms with Crippen LogP contribution in [0.5, 0.6) is 0 Å². The number of nitrogens with one attached hydrogen (secondary N) is 1. The zero-order chi connectivity index (χ0) is 21.4. The van der Waals surface area contributed by atoms with Crippen molar-refractivity contribution in [3.8, 4) is 0 Å². The number of rotatable bonds is 3. The van der Waals surface area contributed by atoms with Crippen molar-refractivity contribution in [1.29, 1.82) is 0 Å². The Hall–Kier alpha value is -2.07. The van der Waals surface area contributed by atoms with Gasteiger partial charge in [0, 0.05) is 10.9 Å². The van der Waals surface area contributed by atoms with Gasteiger partial charge in [-0.05, 0) is 39.3 Å². The van der Waals surface area contributed by atoms with E-state index in [0.29, 0.717) is 5.17 Å². The number of fused-ring (bicyclic) bond motifs is 1. The number of anilines is 1. The largest absolute Gasteiger partial charge is 0.444 e. The number of hydrogen-bond donors (Lipinski definition) is 1. The number of thioether (sulfide) groups is 1. The van der Waals surface area contributed by atoms with Gasteiger partial charge < -0.3 is 15.0 Å². The van der Waals surface area contributed by atoms with Crippen LogP contribution in [0.3, 0.4) is 0 Å². The number of aryl methyl sites for hydroxylation is 1. The third-order valence-electron chi connectivity index (χ3n) is 4.44. The van der Waals surface area contributed by atoms with E-state index in [1.54, 1.807) is 20.8 Å². The van der Waals surface area contributed by atoms with Gasteiger partial charge in [-0.3, -0.25) is 4.79 Å². The van der Waals surface area contributed by atoms with Gasteiger partial charge in [0.2, 0.25) is 0 Å². The van der Waals surface area contributed by atoms with E-state index in [-0.39, 0.29) is 29.3 Å². The van der Waals surface area contributed by atoms with Crippen molar-refractivity contribution in [2.75, 3.05) is 23.0 Å². The molecular formula is C19H25N3O5S2. The lowest BCUT2D eigenvalue weighted by molar-refractivity contribution is -0.117. The number of ether oxygens (including phenoxy) is 1. The van der Waals surface area contributed by atoms with Crippen molar-refractivity contribution < 1.29 is 22.7 Å². The van der Waals surface area contributed by atoms with Crippen molar-refractivity contribution in [3.63, 3.8) is 0 Å². The van der Waals surface area contributed by atoms with Gasteiger partial charge in [-0.15, -0.1) is 0 Å². The van der Waals surface area contributed by atoms with Crippen LogP contribution in [-0.4, -0.2) is 60.5 Å². The van der Waals surface area contributed by atoms with Crippen LogP contribution in [0.1, 0.15) is 26.3 Å². The Morgan fingerprint density at radius 2 is 1.97 bits per heavy atom. The van der Waals surface area contributed by atoms with Gasteiger partial charge in [-0.1, -0.05) is 30.0 Å². The van der Waals surface area contributed by atoms with Gasteiger partial charge in [-0.25, -0.2) is 13.2 Å². The number of aliphatic imine (C=N–C) groups is 1. The van der Waals surface area contributed by atoms with Crippen LogP contribution in [-0.2, 0) is 19.4 Å². The fourth-order valence-corrected chi connectivity index (χ4v) is 7.21. The fraction of sp³-hybridized carbons (Fsp3) is 0.526. The zero-order valence-corrected chi connectivity index (χ0v) is 18.5. The molecule has 10 heteroatoms. The van der Waals surface area contributed by atoms with Crippen molar-refractivity contribution >= 4 is 44.5 Å². The maximum atomic E-state index is 12.4. The predicted molar refractivity (Wildman–Crippen MR) is 114 cm³/mol. The first-order valence-electron chi connectivity index (χ1n) is 9.25. The average Bonchev–Trinajstić information content (AvgIpc) is 3.03. The number of nitrogens with zero attached hydrogens (tertiary/aromatic N) is 2. The van der Waals surface area contributed by atoms with Crippen molar-refractivity contribution in [1.82, 2.24) is 5.32 Å². The quantitative estimate of drug-likeness (QED) is 0.769. The van der Waals surface area contributed by atoms with E-state index in [2.05, 4.69) is 10.3 Å². The highest BCUT2D eigenvalue weighted by atomic mass is 32.2. The van der Waals surface area contributed by atoms with E-state index in [4.69, 9.17) is 4.74 Å². The molecule has 0 spiro atoms. The van der Waals surface area contributed by atoms with Gasteiger partial charge in [0.05, 0.1) is 17.5 Å². The Labute approximate surface area is 175 Å². The van der Waals surface area contributed by atoms with Crippen molar-refractivity contribution in [2.24, 2.45) is 4.99 Å². The van der Waals surface area contributed by atoms with E-state index in [9.17, 15) is 18.0 Å². The van der Waals surface area contributed by atoms with Gasteiger partial charge in [0.15, 0.2) is 15.0 Å². The number of alkyl carbamates (subject to hydrolysis) is 1. The summed E-state index contributed by atoms with van der Waals surface area (Å²) in [6.07, 6.45) is -0.691. The summed E-state index contributed by atoms with van der Waals surface area (Å²) in [7, 11) is -3.13. The standard InChI is InChI=1S/C19H25N3O5S2/c1-12-7-5-6-8-13(12)22-14-10-29(25,26)11-15(14)28-17(22)21-16(23)9-20-18(24)27-19(2,3)4/h5-8,14-15H,9-11H2,1-4H3,(H,20,24)/t14-,15-/m0/s1. The Morgan fingerprint density at radius 1 is 1.28 bits per heavy atom. The molecule has 2 saturated heterocycles. The molecule has 2 heterocycles. The van der Waals surface area contributed by atoms with E-state index in [1.807, 2.05) is 36.1 Å². The highest BCUT2D eigenvalue weighted by molar-refractivity contribution is 8.16. The lowest BCUT2D eigenvalue weighted by Gasteiger charge is -2.26. The minimum absolute atomic E-state index is 0.0301. The summed E-state index contributed by atoms with van der Waals surface area (Å²) in [5.74, 6) is -0.434. The maximum Gasteiger partial charge on any atom is 0.408 e. The summed E-state index contributed by atoms with van der Waals surface area (Å²) in [5, 5.41) is 2.68. The molecule has 0 aromatic heterocycles. The van der Waals surface area contributed by atoms with Crippen molar-refractivity contribution in [3.05, 3.63) is 29.8 Å². The minimum Gasteiger partial charge on any atom is -0.444 e. The van der Waals surface area contributed by atoms with E-state index in [0.717, 1.165) is 11.3 Å². The fourth-order valence-electron chi connectivity index (χ4n) is 3.29. The Morgan fingerprint density at radius 3 is 2.62 bits per heavy atom. The van der Waals surface area contributed by atoms with Crippen LogP contribution < -0.4 is 10.2 Å². The second kappa shape index (κ2) is 7.98. The van der Waals surface area contributed by atoms with Gasteiger partial charge in [-0.2, -0.15) is 4.99 Å². The lowest BCUT2D eigenvalue weighted by Crippen LogP contribution is -2.39. The van der Waals surface area contributed by atoms with Crippen LogP contribution in [0.4, 0.5) is 10.5 Å². The second-order valence-electron chi connectivity index (χ2n) is 8.10. The number of sulfone groups is 1. The van der Waals surface area contributed by atoms with Crippen LogP contribution in [0.15, 0.2) is 29.3 Å². The average molecular weight is 440 g/mol. The Balaban J connectivity index is 1.79. The summed E-state index contributed by atoms with van der Waals surface area (Å²) in [6.45, 7) is 6.83. The normalized spacial score (nSPS) is 24.4. The molecule has 2 atom stereocenters. The van der Waals surface area contributed by atoms with E-state index < -0.39 is 27.4 Å². The highest BCUT2D eigenvalue weighted by Gasteiger charge is 2.49. The maximum absolute atomic E-state index is 12.4. The molecule has 0 bridgehead atoms. The molecule has 0 radical (unpaired) electrons. The molecule has 2 fully saturated rings. The van der Waals surface area contributed by atoms with Gasteiger partial charge in [0.1, 0.15) is 12.1 Å². The molecule has 29 heavy (non-hydrogen) atoms. The number of para-hydroxylation sites is 1. The molecule has 1 aromatic carbocycles. The highest BCUT2D eigenvalue weighted by Crippen LogP contribution is 2.41. The van der Waals surface area contributed by atoms with Crippen LogP contribution >= 0.6 is 11.8 Å². The first kappa shape index (κ1) is 21.6. The molecule has 158 valence electrons. The van der Waals surface area contributed by atoms with Crippen LogP contribution in [0.25, 0.3) is 0 Å². The molecule has 8 nitrogen and oxygen atoms in total. The molecule has 2 aliphatic rings. The van der Waals surface area contributed by atoms with E-state index >= 15 is 0 Å². The van der Waals surface area contributed by atoms with Gasteiger partial charge in [0.25, 0.3) is 5.91 Å². The molecular weight excluding hydrogens is 414 g/mol. The summed E-state index contributed by atoms with van der Waals surface area (Å²) in [5.41, 5.74) is 1.13. The number of benzene rings is 1. The second-order valence-corrected chi connectivity index (χ2v) is 11.5. The van der Waals surface area contributed by atoms with Crippen LogP contribution in [0, 0.1) is 6.92 Å². The molecule has 0 aliphatic carbocycles. The number of hydrogen-bond acceptors (Lipinski definition) is 6. The molecule has 3 rings (SSSR count). The topological polar surface area (TPSA) is 105 Å². The molecule has 2 amide bonds. The first-order valence-corrected chi connectivity index (χ1v) is 12.0. The lowest BCUT2D eigenvalue weighted by atomic mass is 10.1. The summed E-state index contributed by atoms with van der Waals surface area (Å²) in [6, 6.07) is 7.32. The summed E-state index contributed by atoms with van der Waals surface area (Å²) < 4.78 is 29.4. The molecule has 2 aliphatic heterocycles. The van der Waals surface area contributed by atoms with Gasteiger partial charge >= 0.3 is 6.09 Å². The number of carbonyl (C=O) groups is 2. The first-order chi connectivity index (χ1) is 13.5. The summed E-state index contributed by atoms with van der Waals surface area (Å²) in [4.78, 5) is 30.1. The van der Waals surface area contributed by atoms with E-state index in [1.165, 1.54) is 11.8 Å². The number of amidine groups is 1. The number of carbonyl (C=O) groups excluding carboxylic acids is 2. The SMILES string of the molecule is Cc1ccccc1N1C(=NC(=O)CNC(=O)OC(C)(C)C)S[C@H]2CS(=O)(=O)C[C@@H]21. The monoisotopic (exact) mass is 439 g/mol. The Kier molecular flexibility index (Phi) is 5.96. The smallest absolute Gasteiger partial charge is 0.408 e. The minimum atomic E-state index is -3.13.